The predicted octanol–water partition coefficient (Wildman–Crippen LogP) is 1.72. The average Bonchev–Trinajstić information content (AvgIpc) is 2.63. The van der Waals surface area contributed by atoms with Gasteiger partial charge in [0.15, 0.2) is 0 Å². The number of hydrogen-bond acceptors (Lipinski definition) is 5. The molecule has 7 nitrogen and oxygen atoms in total. The quantitative estimate of drug-likeness (QED) is 0.822. The number of hydrogen-bond donors (Lipinski definition) is 2. The van der Waals surface area contributed by atoms with E-state index in [-0.39, 0.29) is 0 Å². The van der Waals surface area contributed by atoms with E-state index in [1.165, 1.54) is 0 Å². The summed E-state index contributed by atoms with van der Waals surface area (Å²) in [4.78, 5) is 32.7. The first kappa shape index (κ1) is 17.9. The molecule has 1 fully saturated rings. The lowest BCUT2D eigenvalue weighted by Gasteiger charge is -2.34. The highest BCUT2D eigenvalue weighted by atomic mass is 16.2. The summed E-state index contributed by atoms with van der Waals surface area (Å²) in [6.45, 7) is 5.92. The summed E-state index contributed by atoms with van der Waals surface area (Å²) in [5.41, 5.74) is 2.65. The number of carbonyl (C=O) groups excluding carboxylic acids is 2. The summed E-state index contributed by atoms with van der Waals surface area (Å²) in [6, 6.07) is 11.1. The molecule has 26 heavy (non-hydrogen) atoms. The van der Waals surface area contributed by atoms with Crippen LogP contribution < -0.4 is 15.5 Å². The fourth-order valence-corrected chi connectivity index (χ4v) is 2.79. The zero-order valence-electron chi connectivity index (χ0n) is 15.0. The van der Waals surface area contributed by atoms with Crippen molar-refractivity contribution in [2.75, 3.05) is 48.8 Å². The highest BCUT2D eigenvalue weighted by Gasteiger charge is 2.16. The van der Waals surface area contributed by atoms with Gasteiger partial charge in [-0.2, -0.15) is 0 Å². The highest BCUT2D eigenvalue weighted by molar-refractivity contribution is 6.43. The zero-order chi connectivity index (χ0) is 18.5. The Labute approximate surface area is 153 Å². The number of rotatable bonds is 3. The second kappa shape index (κ2) is 7.97. The van der Waals surface area contributed by atoms with Crippen LogP contribution in [0.15, 0.2) is 42.6 Å². The molecule has 2 N–H and O–H groups in total. The number of nitrogens with zero attached hydrogens (tertiary/aromatic N) is 3. The topological polar surface area (TPSA) is 77.6 Å². The van der Waals surface area contributed by atoms with Crippen molar-refractivity contribution in [3.8, 4) is 0 Å². The van der Waals surface area contributed by atoms with E-state index in [1.54, 1.807) is 12.3 Å². The maximum absolute atomic E-state index is 12.1. The fraction of sp³-hybridized carbons (Fsp3) is 0.316. The molecule has 2 amide bonds. The van der Waals surface area contributed by atoms with Crippen molar-refractivity contribution in [3.63, 3.8) is 0 Å². The van der Waals surface area contributed by atoms with Crippen molar-refractivity contribution in [1.82, 2.24) is 9.88 Å². The molecule has 1 saturated heterocycles. The Kier molecular flexibility index (Phi) is 5.48. The molecule has 1 aliphatic heterocycles. The second-order valence-electron chi connectivity index (χ2n) is 6.46. The molecule has 3 rings (SSSR count). The van der Waals surface area contributed by atoms with Crippen LogP contribution in [0.1, 0.15) is 5.56 Å². The van der Waals surface area contributed by atoms with Crippen LogP contribution in [-0.4, -0.2) is 54.9 Å². The van der Waals surface area contributed by atoms with E-state index >= 15 is 0 Å². The fourth-order valence-electron chi connectivity index (χ4n) is 2.79. The summed E-state index contributed by atoms with van der Waals surface area (Å²) >= 11 is 0. The first-order valence-electron chi connectivity index (χ1n) is 8.60. The molecule has 2 heterocycles. The molecule has 1 aromatic carbocycles. The second-order valence-corrected chi connectivity index (χ2v) is 6.46. The van der Waals surface area contributed by atoms with Crippen molar-refractivity contribution >= 4 is 29.0 Å². The largest absolute Gasteiger partial charge is 0.369 e. The third-order valence-corrected chi connectivity index (χ3v) is 4.36. The van der Waals surface area contributed by atoms with Gasteiger partial charge in [-0.25, -0.2) is 4.98 Å². The minimum atomic E-state index is -0.744. The highest BCUT2D eigenvalue weighted by Crippen LogP contribution is 2.19. The number of amides is 2. The summed E-state index contributed by atoms with van der Waals surface area (Å²) in [5.74, 6) is -1.11. The van der Waals surface area contributed by atoms with Crippen molar-refractivity contribution in [1.29, 1.82) is 0 Å². The molecule has 1 aliphatic rings. The van der Waals surface area contributed by atoms with Gasteiger partial charge in [0.2, 0.25) is 0 Å². The minimum Gasteiger partial charge on any atom is -0.369 e. The Bertz CT molecular complexity index is 783. The van der Waals surface area contributed by atoms with Crippen molar-refractivity contribution in [3.05, 3.63) is 48.2 Å². The number of aryl methyl sites for hydroxylation is 1. The van der Waals surface area contributed by atoms with Crippen LogP contribution in [0.4, 0.5) is 17.2 Å². The Morgan fingerprint density at radius 2 is 1.62 bits per heavy atom. The standard InChI is InChI=1S/C19H23N5O2/c1-14-7-8-20-17(13-14)22-19(26)18(25)21-15-3-5-16(6-4-15)24-11-9-23(2)10-12-24/h3-8,13H,9-12H2,1-2H3,(H,21,25)(H,20,22,26). The number of anilines is 3. The molecule has 0 spiro atoms. The van der Waals surface area contributed by atoms with Crippen LogP contribution in [0.3, 0.4) is 0 Å². The number of likely N-dealkylation sites (N-methyl/N-ethyl adjacent to an activating group) is 1. The van der Waals surface area contributed by atoms with Gasteiger partial charge in [0.25, 0.3) is 0 Å². The molecule has 0 radical (unpaired) electrons. The number of aromatic nitrogens is 1. The van der Waals surface area contributed by atoms with Gasteiger partial charge in [0.05, 0.1) is 0 Å². The third-order valence-electron chi connectivity index (χ3n) is 4.36. The SMILES string of the molecule is Cc1ccnc(NC(=O)C(=O)Nc2ccc(N3CCN(C)CC3)cc2)c1. The summed E-state index contributed by atoms with van der Waals surface area (Å²) < 4.78 is 0. The normalized spacial score (nSPS) is 14.8. The molecule has 0 atom stereocenters. The molecule has 7 heteroatoms. The van der Waals surface area contributed by atoms with E-state index < -0.39 is 11.8 Å². The molecule has 2 aromatic rings. The average molecular weight is 353 g/mol. The van der Waals surface area contributed by atoms with Crippen LogP contribution in [0.5, 0.6) is 0 Å². The van der Waals surface area contributed by atoms with Crippen molar-refractivity contribution < 1.29 is 9.59 Å². The lowest BCUT2D eigenvalue weighted by atomic mass is 10.2. The Morgan fingerprint density at radius 3 is 2.27 bits per heavy atom. The molecule has 136 valence electrons. The summed E-state index contributed by atoms with van der Waals surface area (Å²) in [5, 5.41) is 5.10. The third kappa shape index (κ3) is 4.58. The first-order chi connectivity index (χ1) is 12.5. The van der Waals surface area contributed by atoms with Gasteiger partial charge in [0.1, 0.15) is 5.82 Å². The summed E-state index contributed by atoms with van der Waals surface area (Å²) in [6.07, 6.45) is 1.58. The Hall–Kier alpha value is -2.93. The van der Waals surface area contributed by atoms with Gasteiger partial charge in [-0.1, -0.05) is 0 Å². The van der Waals surface area contributed by atoms with Crippen LogP contribution >= 0.6 is 0 Å². The van der Waals surface area contributed by atoms with Gasteiger partial charge in [-0.15, -0.1) is 0 Å². The lowest BCUT2D eigenvalue weighted by molar-refractivity contribution is -0.133. The van der Waals surface area contributed by atoms with Gasteiger partial charge < -0.3 is 20.4 Å². The molecular weight excluding hydrogens is 330 g/mol. The summed E-state index contributed by atoms with van der Waals surface area (Å²) in [7, 11) is 2.12. The van der Waals surface area contributed by atoms with E-state index in [2.05, 4.69) is 32.5 Å². The lowest BCUT2D eigenvalue weighted by Crippen LogP contribution is -2.44. The van der Waals surface area contributed by atoms with Crippen LogP contribution in [-0.2, 0) is 9.59 Å². The van der Waals surface area contributed by atoms with Gasteiger partial charge in [-0.3, -0.25) is 9.59 Å². The van der Waals surface area contributed by atoms with E-state index in [1.807, 2.05) is 37.3 Å². The van der Waals surface area contributed by atoms with Crippen molar-refractivity contribution in [2.45, 2.75) is 6.92 Å². The minimum absolute atomic E-state index is 0.357. The molecule has 0 aliphatic carbocycles. The predicted molar refractivity (Wildman–Crippen MR) is 102 cm³/mol. The zero-order valence-corrected chi connectivity index (χ0v) is 15.0. The van der Waals surface area contributed by atoms with E-state index in [9.17, 15) is 9.59 Å². The van der Waals surface area contributed by atoms with Gasteiger partial charge in [0, 0.05) is 43.8 Å². The van der Waals surface area contributed by atoms with E-state index in [0.29, 0.717) is 11.5 Å². The maximum atomic E-state index is 12.1. The van der Waals surface area contributed by atoms with E-state index in [4.69, 9.17) is 0 Å². The number of carbonyl (C=O) groups is 2. The van der Waals surface area contributed by atoms with Gasteiger partial charge >= 0.3 is 11.8 Å². The first-order valence-corrected chi connectivity index (χ1v) is 8.60. The smallest absolute Gasteiger partial charge is 0.315 e. The number of benzene rings is 1. The molecular formula is C19H23N5O2. The molecule has 0 unspecified atom stereocenters. The Balaban J connectivity index is 1.56. The number of pyridine rings is 1. The van der Waals surface area contributed by atoms with Crippen LogP contribution in [0.25, 0.3) is 0 Å². The van der Waals surface area contributed by atoms with Crippen LogP contribution in [0.2, 0.25) is 0 Å². The van der Waals surface area contributed by atoms with E-state index in [0.717, 1.165) is 37.4 Å². The van der Waals surface area contributed by atoms with Gasteiger partial charge in [-0.05, 0) is 55.9 Å². The number of piperazine rings is 1. The molecule has 0 bridgehead atoms. The molecule has 0 saturated carbocycles. The maximum Gasteiger partial charge on any atom is 0.315 e. The number of nitrogens with one attached hydrogen (secondary N) is 2. The Morgan fingerprint density at radius 1 is 0.962 bits per heavy atom. The van der Waals surface area contributed by atoms with Crippen LogP contribution in [0, 0.1) is 6.92 Å². The van der Waals surface area contributed by atoms with Crippen molar-refractivity contribution in [2.24, 2.45) is 0 Å². The monoisotopic (exact) mass is 353 g/mol. The molecule has 1 aromatic heterocycles.